The van der Waals surface area contributed by atoms with E-state index in [1.54, 1.807) is 20.2 Å². The molecule has 1 heterocycles. The number of methoxy groups -OCH3 is 1. The molecule has 1 aliphatic carbocycles. The van der Waals surface area contributed by atoms with Crippen LogP contribution in [0.5, 0.6) is 0 Å². The molecule has 0 amide bonds. The van der Waals surface area contributed by atoms with Crippen molar-refractivity contribution in [3.05, 3.63) is 64.0 Å². The molecule has 0 radical (unpaired) electrons. The number of allylic oxidation sites excluding steroid dienone is 6. The largest absolute Gasteiger partial charge is 0.497 e. The number of aromatic carboxylic acids is 1. The quantitative estimate of drug-likeness (QED) is 0.621. The molecule has 0 aliphatic heterocycles. The summed E-state index contributed by atoms with van der Waals surface area (Å²) in [6.07, 6.45) is 13.1. The van der Waals surface area contributed by atoms with Gasteiger partial charge in [0.15, 0.2) is 0 Å². The van der Waals surface area contributed by atoms with Crippen molar-refractivity contribution in [3.63, 3.8) is 0 Å². The fourth-order valence-corrected chi connectivity index (χ4v) is 3.05. The maximum absolute atomic E-state index is 11.2. The van der Waals surface area contributed by atoms with Gasteiger partial charge in [0.1, 0.15) is 15.6 Å². The van der Waals surface area contributed by atoms with Crippen molar-refractivity contribution in [2.45, 2.75) is 13.3 Å². The Morgan fingerprint density at radius 2 is 2.40 bits per heavy atom. The molecule has 1 aromatic rings. The van der Waals surface area contributed by atoms with Gasteiger partial charge < -0.3 is 9.84 Å². The topological polar surface area (TPSA) is 95.6 Å². The number of thiazole rings is 1. The van der Waals surface area contributed by atoms with Crippen LogP contribution in [0.25, 0.3) is 0 Å². The van der Waals surface area contributed by atoms with Crippen molar-refractivity contribution in [2.75, 3.05) is 7.11 Å². The van der Waals surface area contributed by atoms with Crippen molar-refractivity contribution in [1.29, 1.82) is 5.26 Å². The highest BCUT2D eigenvalue weighted by molar-refractivity contribution is 7.15. The van der Waals surface area contributed by atoms with Crippen LogP contribution in [-0.2, 0) is 4.74 Å². The lowest BCUT2D eigenvalue weighted by atomic mass is 10.00. The minimum atomic E-state index is -1.02. The number of ether oxygens (including phenoxy) is 1. The Labute approximate surface area is 149 Å². The zero-order chi connectivity index (χ0) is 18.2. The van der Waals surface area contributed by atoms with Gasteiger partial charge in [0.2, 0.25) is 0 Å². The van der Waals surface area contributed by atoms with Gasteiger partial charge in [-0.25, -0.2) is 9.78 Å². The molecule has 1 N–H and O–H groups in total. The number of nitriles is 1. The van der Waals surface area contributed by atoms with Crippen LogP contribution in [0.4, 0.5) is 0 Å². The number of carboxylic acid groups (broad SMARTS) is 1. The number of carbonyl (C=O) groups is 1. The Hall–Kier alpha value is -2.98. The Morgan fingerprint density at radius 1 is 1.60 bits per heavy atom. The maximum Gasteiger partial charge on any atom is 0.347 e. The lowest BCUT2D eigenvalue weighted by Gasteiger charge is -2.11. The third-order valence-corrected chi connectivity index (χ3v) is 4.54. The second kappa shape index (κ2) is 8.76. The molecule has 7 heteroatoms. The minimum absolute atomic E-state index is 0.164. The molecule has 1 aliphatic rings. The molecule has 1 aromatic heterocycles. The van der Waals surface area contributed by atoms with Crippen LogP contribution in [0.1, 0.15) is 26.8 Å². The van der Waals surface area contributed by atoms with Gasteiger partial charge in [0.25, 0.3) is 0 Å². The summed E-state index contributed by atoms with van der Waals surface area (Å²) in [6, 6.07) is 1.91. The number of rotatable bonds is 6. The Bertz CT molecular complexity index is 838. The van der Waals surface area contributed by atoms with E-state index in [1.165, 1.54) is 12.2 Å². The van der Waals surface area contributed by atoms with Gasteiger partial charge >= 0.3 is 5.97 Å². The van der Waals surface area contributed by atoms with E-state index in [1.807, 2.05) is 30.4 Å². The molecule has 0 bridgehead atoms. The minimum Gasteiger partial charge on any atom is -0.497 e. The molecule has 6 nitrogen and oxygen atoms in total. The normalized spacial score (nSPS) is 17.7. The SMILES string of the molecule is COC1=CC(/C=C/N=C(\C=C\C#N)c2nc(C)c(C(=O)O)s2)CC=C1. The predicted octanol–water partition coefficient (Wildman–Crippen LogP) is 3.64. The number of aromatic nitrogens is 1. The van der Waals surface area contributed by atoms with Crippen LogP contribution < -0.4 is 0 Å². The number of nitrogens with zero attached hydrogens (tertiary/aromatic N) is 3. The monoisotopic (exact) mass is 355 g/mol. The average molecular weight is 355 g/mol. The highest BCUT2D eigenvalue weighted by Gasteiger charge is 2.16. The van der Waals surface area contributed by atoms with E-state index >= 15 is 0 Å². The first kappa shape index (κ1) is 18.4. The van der Waals surface area contributed by atoms with Crippen LogP contribution >= 0.6 is 11.3 Å². The first-order chi connectivity index (χ1) is 12.0. The summed E-state index contributed by atoms with van der Waals surface area (Å²) in [7, 11) is 1.62. The molecule has 0 saturated heterocycles. The maximum atomic E-state index is 11.2. The highest BCUT2D eigenvalue weighted by atomic mass is 32.1. The summed E-state index contributed by atoms with van der Waals surface area (Å²) in [5, 5.41) is 18.4. The van der Waals surface area contributed by atoms with Gasteiger partial charge in [-0.1, -0.05) is 12.2 Å². The van der Waals surface area contributed by atoms with Crippen molar-refractivity contribution >= 4 is 23.0 Å². The molecule has 1 unspecified atom stereocenters. The molecule has 0 spiro atoms. The summed E-state index contributed by atoms with van der Waals surface area (Å²) < 4.78 is 5.20. The molecule has 2 rings (SSSR count). The molecule has 25 heavy (non-hydrogen) atoms. The van der Waals surface area contributed by atoms with Crippen LogP contribution in [0.2, 0.25) is 0 Å². The van der Waals surface area contributed by atoms with Gasteiger partial charge in [-0.2, -0.15) is 5.26 Å². The van der Waals surface area contributed by atoms with Crippen LogP contribution in [0, 0.1) is 24.2 Å². The van der Waals surface area contributed by atoms with Gasteiger partial charge in [-0.05, 0) is 31.6 Å². The van der Waals surface area contributed by atoms with Gasteiger partial charge in [-0.3, -0.25) is 4.99 Å². The van der Waals surface area contributed by atoms with Gasteiger partial charge in [0, 0.05) is 18.2 Å². The fourth-order valence-electron chi connectivity index (χ4n) is 2.17. The summed E-state index contributed by atoms with van der Waals surface area (Å²) in [5.74, 6) is -0.0553. The summed E-state index contributed by atoms with van der Waals surface area (Å²) in [6.45, 7) is 1.64. The number of hydrogen-bond acceptors (Lipinski definition) is 6. The fraction of sp³-hybridized carbons (Fsp3) is 0.222. The second-order valence-electron chi connectivity index (χ2n) is 5.13. The molecule has 1 atom stereocenters. The van der Waals surface area contributed by atoms with E-state index in [4.69, 9.17) is 15.1 Å². The van der Waals surface area contributed by atoms with Crippen molar-refractivity contribution < 1.29 is 14.6 Å². The smallest absolute Gasteiger partial charge is 0.347 e. The summed E-state index contributed by atoms with van der Waals surface area (Å²) in [4.78, 5) is 19.9. The molecular formula is C18H17N3O3S. The first-order valence-corrected chi connectivity index (χ1v) is 8.31. The Balaban J connectivity index is 2.26. The van der Waals surface area contributed by atoms with Crippen LogP contribution in [-0.4, -0.2) is 28.9 Å². The van der Waals surface area contributed by atoms with E-state index in [0.29, 0.717) is 16.4 Å². The Kier molecular flexibility index (Phi) is 6.43. The van der Waals surface area contributed by atoms with E-state index in [0.717, 1.165) is 23.5 Å². The number of carboxylic acids is 1. The van der Waals surface area contributed by atoms with Crippen molar-refractivity contribution in [2.24, 2.45) is 10.9 Å². The lowest BCUT2D eigenvalue weighted by molar-refractivity contribution is 0.0701. The first-order valence-electron chi connectivity index (χ1n) is 7.49. The lowest BCUT2D eigenvalue weighted by Crippen LogP contribution is -1.99. The van der Waals surface area contributed by atoms with Gasteiger partial charge in [-0.15, -0.1) is 11.3 Å². The van der Waals surface area contributed by atoms with E-state index in [9.17, 15) is 4.79 Å². The average Bonchev–Trinajstić information content (AvgIpc) is 3.00. The summed E-state index contributed by atoms with van der Waals surface area (Å²) >= 11 is 1.04. The number of aliphatic imine (C=N–C) groups is 1. The number of hydrogen-bond donors (Lipinski definition) is 1. The van der Waals surface area contributed by atoms with E-state index in [2.05, 4.69) is 9.98 Å². The Morgan fingerprint density at radius 3 is 3.04 bits per heavy atom. The third-order valence-electron chi connectivity index (χ3n) is 3.38. The van der Waals surface area contributed by atoms with E-state index < -0.39 is 5.97 Å². The zero-order valence-electron chi connectivity index (χ0n) is 13.8. The second-order valence-corrected chi connectivity index (χ2v) is 6.13. The molecule has 0 fully saturated rings. The van der Waals surface area contributed by atoms with Crippen molar-refractivity contribution in [1.82, 2.24) is 4.98 Å². The van der Waals surface area contributed by atoms with Gasteiger partial charge in [0.05, 0.1) is 24.6 Å². The highest BCUT2D eigenvalue weighted by Crippen LogP contribution is 2.20. The standard InChI is InChI=1S/C18H17N3O3S/c1-12-16(18(22)23)25-17(21-12)15(7-4-9-19)20-10-8-13-5-3-6-14(11-13)24-2/h3-4,6-8,10-11,13H,5H2,1-2H3,(H,22,23)/b7-4+,10-8+,20-15+. The number of aryl methyl sites for hydroxylation is 1. The third kappa shape index (κ3) is 4.99. The summed E-state index contributed by atoms with van der Waals surface area (Å²) in [5.41, 5.74) is 0.875. The molecule has 0 saturated carbocycles. The predicted molar refractivity (Wildman–Crippen MR) is 96.6 cm³/mol. The molecule has 128 valence electrons. The van der Waals surface area contributed by atoms with E-state index in [-0.39, 0.29) is 10.8 Å². The molecular weight excluding hydrogens is 338 g/mol. The zero-order valence-corrected chi connectivity index (χ0v) is 14.7. The van der Waals surface area contributed by atoms with Crippen molar-refractivity contribution in [3.8, 4) is 6.07 Å². The molecule has 0 aromatic carbocycles. The van der Waals surface area contributed by atoms with Crippen LogP contribution in [0.3, 0.4) is 0 Å². The van der Waals surface area contributed by atoms with Crippen LogP contribution in [0.15, 0.2) is 53.4 Å².